The summed E-state index contributed by atoms with van der Waals surface area (Å²) in [5.74, 6) is 2.70. The minimum Gasteiger partial charge on any atom is -0.497 e. The number of carbonyl (C=O) groups excluding carboxylic acids is 3. The molecule has 6 nitrogen and oxygen atoms in total. The van der Waals surface area contributed by atoms with E-state index in [2.05, 4.69) is 0 Å². The van der Waals surface area contributed by atoms with Gasteiger partial charge in [-0.15, -0.1) is 0 Å². The lowest BCUT2D eigenvalue weighted by molar-refractivity contribution is -0.116. The molecule has 0 amide bonds. The number of ketones is 3. The molecule has 0 saturated carbocycles. The fraction of sp³-hybridized carbons (Fsp3) is 0.594. The van der Waals surface area contributed by atoms with Crippen molar-refractivity contribution >= 4 is 17.3 Å². The first-order chi connectivity index (χ1) is 17.6. The highest BCUT2D eigenvalue weighted by molar-refractivity contribution is 6.08. The maximum atomic E-state index is 11.7. The molecule has 0 bridgehead atoms. The van der Waals surface area contributed by atoms with E-state index in [1.54, 1.807) is 0 Å². The molecule has 0 aromatic heterocycles. The molecule has 0 atom stereocenters. The first-order valence-corrected chi connectivity index (χ1v) is 13.6. The number of ether oxygens (including phenoxy) is 3. The summed E-state index contributed by atoms with van der Waals surface area (Å²) in [5, 5.41) is 0. The smallest absolute Gasteiger partial charge is 0.223 e. The first-order valence-electron chi connectivity index (χ1n) is 13.6. The van der Waals surface area contributed by atoms with E-state index < -0.39 is 0 Å². The van der Waals surface area contributed by atoms with E-state index in [4.69, 9.17) is 14.2 Å². The summed E-state index contributed by atoms with van der Waals surface area (Å²) in [7, 11) is 0. The van der Waals surface area contributed by atoms with Crippen molar-refractivity contribution in [2.24, 2.45) is 5.41 Å². The number of carbonyl (C=O) groups is 3. The zero-order valence-corrected chi connectivity index (χ0v) is 25.7. The van der Waals surface area contributed by atoms with E-state index in [1.165, 1.54) is 0 Å². The molecule has 0 heterocycles. The summed E-state index contributed by atoms with van der Waals surface area (Å²) in [4.78, 5) is 34.5. The standard InChI is InChI=1S/2C11H16O2.C10H16O2/c1-5-13-11-8(3)7(2)6-10(12)9(11)4;1-5-13-11-8(3)6-7(2)9(4)10(11)12;1-5-12-9-7(2)8(11)6-10(9,3)4/h2*5-6H2,1-4H3;5-6H2,1-4H3. The van der Waals surface area contributed by atoms with Gasteiger partial charge >= 0.3 is 0 Å². The van der Waals surface area contributed by atoms with Gasteiger partial charge in [0.1, 0.15) is 11.5 Å². The molecule has 212 valence electrons. The molecule has 0 fully saturated rings. The molecule has 0 aromatic rings. The van der Waals surface area contributed by atoms with Crippen molar-refractivity contribution in [2.75, 3.05) is 19.8 Å². The number of Topliss-reactive ketones (excluding diaryl/α,β-unsaturated/α-hetero) is 3. The molecule has 6 heteroatoms. The van der Waals surface area contributed by atoms with Crippen LogP contribution in [0.3, 0.4) is 0 Å². The van der Waals surface area contributed by atoms with Crippen LogP contribution in [0.4, 0.5) is 0 Å². The average molecular weight is 529 g/mol. The molecule has 0 unspecified atom stereocenters. The third-order valence-electron chi connectivity index (χ3n) is 7.11. The summed E-state index contributed by atoms with van der Waals surface area (Å²) in [6.45, 7) is 25.2. The molecule has 3 rings (SSSR count). The predicted molar refractivity (Wildman–Crippen MR) is 152 cm³/mol. The van der Waals surface area contributed by atoms with Crippen LogP contribution in [0.2, 0.25) is 0 Å². The summed E-state index contributed by atoms with van der Waals surface area (Å²) in [6, 6.07) is 0. The van der Waals surface area contributed by atoms with Gasteiger partial charge in [0.2, 0.25) is 5.78 Å². The van der Waals surface area contributed by atoms with Crippen molar-refractivity contribution in [1.29, 1.82) is 0 Å². The van der Waals surface area contributed by atoms with Gasteiger partial charge in [-0.05, 0) is 92.4 Å². The van der Waals surface area contributed by atoms with Crippen LogP contribution in [0.5, 0.6) is 0 Å². The lowest BCUT2D eigenvalue weighted by atomic mass is 9.91. The summed E-state index contributed by atoms with van der Waals surface area (Å²) < 4.78 is 16.2. The fourth-order valence-electron chi connectivity index (χ4n) is 4.67. The SMILES string of the molecule is CCOC1=C(C)C(=O)CC(C)=C1C.CCOC1=C(C)C(=O)CC1(C)C.CCOC1=C(C)CC(C)=C(C)C1=O. The maximum absolute atomic E-state index is 11.7. The zero-order valence-electron chi connectivity index (χ0n) is 25.7. The van der Waals surface area contributed by atoms with Crippen LogP contribution in [-0.4, -0.2) is 37.2 Å². The predicted octanol–water partition coefficient (Wildman–Crippen LogP) is 7.51. The largest absolute Gasteiger partial charge is 0.497 e. The van der Waals surface area contributed by atoms with Gasteiger partial charge in [-0.3, -0.25) is 14.4 Å². The second kappa shape index (κ2) is 14.3. The number of hydrogen-bond donors (Lipinski definition) is 0. The Morgan fingerprint density at radius 1 is 0.579 bits per heavy atom. The van der Waals surface area contributed by atoms with Crippen molar-refractivity contribution in [3.05, 3.63) is 56.3 Å². The van der Waals surface area contributed by atoms with Crippen molar-refractivity contribution in [3.8, 4) is 0 Å². The molecule has 0 radical (unpaired) electrons. The van der Waals surface area contributed by atoms with Crippen molar-refractivity contribution in [3.63, 3.8) is 0 Å². The molecule has 0 saturated heterocycles. The lowest BCUT2D eigenvalue weighted by Gasteiger charge is -2.21. The highest BCUT2D eigenvalue weighted by Crippen LogP contribution is 2.40. The van der Waals surface area contributed by atoms with Gasteiger partial charge in [-0.25, -0.2) is 0 Å². The van der Waals surface area contributed by atoms with Crippen LogP contribution in [-0.2, 0) is 28.6 Å². The molecule has 0 spiro atoms. The molecule has 0 N–H and O–H groups in total. The quantitative estimate of drug-likeness (QED) is 0.355. The Morgan fingerprint density at radius 3 is 1.55 bits per heavy atom. The Kier molecular flexibility index (Phi) is 12.5. The van der Waals surface area contributed by atoms with Gasteiger partial charge in [-0.1, -0.05) is 25.0 Å². The Labute approximate surface area is 229 Å². The highest BCUT2D eigenvalue weighted by Gasteiger charge is 2.37. The topological polar surface area (TPSA) is 78.9 Å². The minimum absolute atomic E-state index is 0.0584. The van der Waals surface area contributed by atoms with E-state index in [1.807, 2.05) is 83.1 Å². The van der Waals surface area contributed by atoms with Crippen LogP contribution in [0.25, 0.3) is 0 Å². The lowest BCUT2D eigenvalue weighted by Crippen LogP contribution is -2.15. The highest BCUT2D eigenvalue weighted by atomic mass is 16.5. The maximum Gasteiger partial charge on any atom is 0.223 e. The van der Waals surface area contributed by atoms with E-state index in [0.29, 0.717) is 38.4 Å². The molecular weight excluding hydrogens is 480 g/mol. The second-order valence-corrected chi connectivity index (χ2v) is 10.7. The summed E-state index contributed by atoms with van der Waals surface area (Å²) >= 11 is 0. The number of allylic oxidation sites excluding steroid dienone is 8. The van der Waals surface area contributed by atoms with Crippen molar-refractivity contribution in [1.82, 2.24) is 0 Å². The fourth-order valence-corrected chi connectivity index (χ4v) is 4.67. The minimum atomic E-state index is -0.0861. The molecule has 0 aromatic carbocycles. The van der Waals surface area contributed by atoms with E-state index in [0.717, 1.165) is 57.0 Å². The average Bonchev–Trinajstić information content (AvgIpc) is 3.04. The van der Waals surface area contributed by atoms with Crippen molar-refractivity contribution in [2.45, 2.75) is 102 Å². The summed E-state index contributed by atoms with van der Waals surface area (Å²) in [5.41, 5.74) is 6.79. The third-order valence-corrected chi connectivity index (χ3v) is 7.11. The van der Waals surface area contributed by atoms with E-state index in [-0.39, 0.29) is 22.8 Å². The second-order valence-electron chi connectivity index (χ2n) is 10.7. The molecule has 0 aliphatic heterocycles. The Balaban J connectivity index is 0.000000285. The van der Waals surface area contributed by atoms with Gasteiger partial charge in [0.15, 0.2) is 17.3 Å². The molecular formula is C32H48O6. The van der Waals surface area contributed by atoms with Gasteiger partial charge in [-0.2, -0.15) is 0 Å². The van der Waals surface area contributed by atoms with Gasteiger partial charge in [0.05, 0.1) is 19.8 Å². The van der Waals surface area contributed by atoms with Crippen LogP contribution >= 0.6 is 0 Å². The normalized spacial score (nSPS) is 19.4. The van der Waals surface area contributed by atoms with Crippen LogP contribution in [0, 0.1) is 5.41 Å². The zero-order chi connectivity index (χ0) is 29.4. The monoisotopic (exact) mass is 528 g/mol. The van der Waals surface area contributed by atoms with Crippen LogP contribution < -0.4 is 0 Å². The van der Waals surface area contributed by atoms with E-state index >= 15 is 0 Å². The molecule has 3 aliphatic rings. The van der Waals surface area contributed by atoms with Crippen molar-refractivity contribution < 1.29 is 28.6 Å². The Bertz CT molecular complexity index is 1100. The first kappa shape index (κ1) is 33.1. The third kappa shape index (κ3) is 8.05. The Hall–Kier alpha value is -2.89. The molecule has 38 heavy (non-hydrogen) atoms. The molecule has 3 aliphatic carbocycles. The van der Waals surface area contributed by atoms with Gasteiger partial charge in [0.25, 0.3) is 0 Å². The van der Waals surface area contributed by atoms with Crippen LogP contribution in [0.15, 0.2) is 56.3 Å². The summed E-state index contributed by atoms with van der Waals surface area (Å²) in [6.07, 6.45) is 2.01. The van der Waals surface area contributed by atoms with Gasteiger partial charge in [0, 0.05) is 29.4 Å². The number of rotatable bonds is 6. The van der Waals surface area contributed by atoms with E-state index in [9.17, 15) is 14.4 Å². The number of hydrogen-bond acceptors (Lipinski definition) is 6. The Morgan fingerprint density at radius 2 is 1.08 bits per heavy atom. The van der Waals surface area contributed by atoms with Gasteiger partial charge < -0.3 is 14.2 Å². The van der Waals surface area contributed by atoms with Crippen LogP contribution in [0.1, 0.15) is 102 Å².